The van der Waals surface area contributed by atoms with Gasteiger partial charge in [0.15, 0.2) is 11.5 Å². The lowest BCUT2D eigenvalue weighted by Gasteiger charge is -2.10. The molecule has 9 heteroatoms. The zero-order chi connectivity index (χ0) is 18.2. The van der Waals surface area contributed by atoms with E-state index in [9.17, 15) is 18.3 Å². The molecule has 6 nitrogen and oxygen atoms in total. The van der Waals surface area contributed by atoms with Crippen LogP contribution in [0.15, 0.2) is 52.2 Å². The first-order valence-electron chi connectivity index (χ1n) is 6.93. The van der Waals surface area contributed by atoms with Crippen molar-refractivity contribution in [2.45, 2.75) is 4.90 Å². The Morgan fingerprint density at radius 1 is 1.16 bits per heavy atom. The SMILES string of the molecule is COc1ccc(NS(=O)(=O)c2cc3ccc(Cl)cc3sc2=O)cc1O. The second kappa shape index (κ2) is 6.55. The molecule has 0 aliphatic rings. The minimum absolute atomic E-state index is 0.110. The van der Waals surface area contributed by atoms with Crippen LogP contribution in [0.4, 0.5) is 5.69 Å². The van der Waals surface area contributed by atoms with Gasteiger partial charge in [0.25, 0.3) is 14.8 Å². The predicted octanol–water partition coefficient (Wildman–Crippen LogP) is 3.43. The smallest absolute Gasteiger partial charge is 0.266 e. The summed E-state index contributed by atoms with van der Waals surface area (Å²) in [6, 6.07) is 10.2. The first-order chi connectivity index (χ1) is 11.8. The van der Waals surface area contributed by atoms with Crippen molar-refractivity contribution >= 4 is 48.7 Å². The van der Waals surface area contributed by atoms with E-state index in [1.165, 1.54) is 31.4 Å². The molecule has 0 amide bonds. The second-order valence-corrected chi connectivity index (χ2v) is 8.17. The molecule has 1 heterocycles. The highest BCUT2D eigenvalue weighted by atomic mass is 35.5. The van der Waals surface area contributed by atoms with Crippen LogP contribution < -0.4 is 14.2 Å². The van der Waals surface area contributed by atoms with Crippen molar-refractivity contribution in [3.05, 3.63) is 57.0 Å². The van der Waals surface area contributed by atoms with Crippen LogP contribution in [0, 0.1) is 0 Å². The maximum absolute atomic E-state index is 12.6. The Labute approximate surface area is 152 Å². The van der Waals surface area contributed by atoms with Gasteiger partial charge in [-0.2, -0.15) is 0 Å². The van der Waals surface area contributed by atoms with E-state index in [4.69, 9.17) is 16.3 Å². The Morgan fingerprint density at radius 2 is 1.92 bits per heavy atom. The number of anilines is 1. The van der Waals surface area contributed by atoms with Gasteiger partial charge in [0, 0.05) is 15.8 Å². The summed E-state index contributed by atoms with van der Waals surface area (Å²) in [5.41, 5.74) is 0.110. The lowest BCUT2D eigenvalue weighted by atomic mass is 10.2. The fourth-order valence-corrected chi connectivity index (χ4v) is 4.75. The Morgan fingerprint density at radius 3 is 2.60 bits per heavy atom. The molecule has 0 atom stereocenters. The van der Waals surface area contributed by atoms with E-state index in [0.29, 0.717) is 15.1 Å². The van der Waals surface area contributed by atoms with E-state index in [1.807, 2.05) is 0 Å². The number of fused-ring (bicyclic) bond motifs is 1. The van der Waals surface area contributed by atoms with E-state index in [2.05, 4.69) is 4.72 Å². The van der Waals surface area contributed by atoms with E-state index in [1.54, 1.807) is 18.2 Å². The van der Waals surface area contributed by atoms with Gasteiger partial charge in [0.05, 0.1) is 12.8 Å². The van der Waals surface area contributed by atoms with Crippen LogP contribution in [0.3, 0.4) is 0 Å². The van der Waals surface area contributed by atoms with Crippen molar-refractivity contribution in [3.8, 4) is 11.5 Å². The third kappa shape index (κ3) is 3.55. The molecular weight excluding hydrogens is 386 g/mol. The normalized spacial score (nSPS) is 11.4. The minimum Gasteiger partial charge on any atom is -0.504 e. The summed E-state index contributed by atoms with van der Waals surface area (Å²) in [7, 11) is -2.74. The largest absolute Gasteiger partial charge is 0.504 e. The molecule has 0 aliphatic carbocycles. The molecule has 0 fully saturated rings. The maximum atomic E-state index is 12.6. The molecule has 3 rings (SSSR count). The number of benzene rings is 2. The number of rotatable bonds is 4. The summed E-state index contributed by atoms with van der Waals surface area (Å²) in [6.45, 7) is 0. The lowest BCUT2D eigenvalue weighted by Crippen LogP contribution is -2.19. The summed E-state index contributed by atoms with van der Waals surface area (Å²) in [6.07, 6.45) is 0. The van der Waals surface area contributed by atoms with Crippen LogP contribution in [0.25, 0.3) is 10.1 Å². The molecule has 2 aromatic carbocycles. The van der Waals surface area contributed by atoms with E-state index >= 15 is 0 Å². The van der Waals surface area contributed by atoms with Crippen molar-refractivity contribution in [3.63, 3.8) is 0 Å². The van der Waals surface area contributed by atoms with Crippen molar-refractivity contribution in [1.29, 1.82) is 0 Å². The van der Waals surface area contributed by atoms with Crippen molar-refractivity contribution in [2.75, 3.05) is 11.8 Å². The van der Waals surface area contributed by atoms with Crippen LogP contribution in [0.2, 0.25) is 5.02 Å². The van der Waals surface area contributed by atoms with E-state index < -0.39 is 14.8 Å². The van der Waals surface area contributed by atoms with Gasteiger partial charge in [-0.25, -0.2) is 8.42 Å². The molecule has 3 aromatic rings. The van der Waals surface area contributed by atoms with Crippen LogP contribution >= 0.6 is 22.9 Å². The summed E-state index contributed by atoms with van der Waals surface area (Å²) in [5.74, 6) is -0.0155. The topological polar surface area (TPSA) is 92.7 Å². The number of aromatic hydroxyl groups is 1. The first kappa shape index (κ1) is 17.5. The number of sulfonamides is 1. The van der Waals surface area contributed by atoms with Crippen LogP contribution in [0.5, 0.6) is 11.5 Å². The van der Waals surface area contributed by atoms with Gasteiger partial charge in [0.1, 0.15) is 4.90 Å². The highest BCUT2D eigenvalue weighted by molar-refractivity contribution is 7.92. The lowest BCUT2D eigenvalue weighted by molar-refractivity contribution is 0.373. The number of nitrogens with one attached hydrogen (secondary N) is 1. The van der Waals surface area contributed by atoms with Gasteiger partial charge in [-0.05, 0) is 35.7 Å². The number of hydrogen-bond acceptors (Lipinski definition) is 6. The van der Waals surface area contributed by atoms with Crippen LogP contribution in [-0.2, 0) is 10.0 Å². The monoisotopic (exact) mass is 397 g/mol. The zero-order valence-electron chi connectivity index (χ0n) is 12.8. The van der Waals surface area contributed by atoms with Crippen molar-refractivity contribution < 1.29 is 18.3 Å². The molecule has 0 saturated heterocycles. The highest BCUT2D eigenvalue weighted by Crippen LogP contribution is 2.30. The Hall–Kier alpha value is -2.29. The van der Waals surface area contributed by atoms with Gasteiger partial charge < -0.3 is 9.84 Å². The number of phenols is 1. The van der Waals surface area contributed by atoms with E-state index in [0.717, 1.165) is 11.3 Å². The van der Waals surface area contributed by atoms with Gasteiger partial charge in [-0.15, -0.1) is 0 Å². The van der Waals surface area contributed by atoms with Crippen molar-refractivity contribution in [1.82, 2.24) is 0 Å². The number of ether oxygens (including phenoxy) is 1. The Bertz CT molecular complexity index is 1130. The van der Waals surface area contributed by atoms with Crippen molar-refractivity contribution in [2.24, 2.45) is 0 Å². The molecule has 0 saturated carbocycles. The van der Waals surface area contributed by atoms with Gasteiger partial charge in [-0.1, -0.05) is 29.0 Å². The standard InChI is InChI=1S/C16H12ClNO5S2/c1-23-13-5-4-11(8-12(13)19)18-25(21,22)15-6-9-2-3-10(17)7-14(9)24-16(15)20/h2-8,18-19H,1H3. The fraction of sp³-hybridized carbons (Fsp3) is 0.0625. The average molecular weight is 398 g/mol. The summed E-state index contributed by atoms with van der Waals surface area (Å²) >= 11 is 6.69. The maximum Gasteiger partial charge on any atom is 0.266 e. The second-order valence-electron chi connectivity index (χ2n) is 5.07. The molecule has 1 aromatic heterocycles. The third-order valence-corrected chi connectivity index (χ3v) is 6.12. The van der Waals surface area contributed by atoms with Gasteiger partial charge in [-0.3, -0.25) is 9.52 Å². The van der Waals surface area contributed by atoms with Gasteiger partial charge >= 0.3 is 0 Å². The first-order valence-corrected chi connectivity index (χ1v) is 9.61. The molecule has 130 valence electrons. The zero-order valence-corrected chi connectivity index (χ0v) is 15.2. The average Bonchev–Trinajstić information content (AvgIpc) is 2.53. The van der Waals surface area contributed by atoms with Crippen LogP contribution in [-0.4, -0.2) is 20.6 Å². The number of phenolic OH excluding ortho intramolecular Hbond substituents is 1. The summed E-state index contributed by atoms with van der Waals surface area (Å²) in [4.78, 5) is 11.9. The summed E-state index contributed by atoms with van der Waals surface area (Å²) in [5, 5.41) is 10.8. The molecule has 25 heavy (non-hydrogen) atoms. The Balaban J connectivity index is 2.04. The summed E-state index contributed by atoms with van der Waals surface area (Å²) < 4.78 is 32.3. The molecule has 2 N–H and O–H groups in total. The van der Waals surface area contributed by atoms with E-state index in [-0.39, 0.29) is 22.1 Å². The molecular formula is C16H12ClNO5S2. The predicted molar refractivity (Wildman–Crippen MR) is 98.6 cm³/mol. The Kier molecular flexibility index (Phi) is 4.59. The highest BCUT2D eigenvalue weighted by Gasteiger charge is 2.20. The number of hydrogen-bond donors (Lipinski definition) is 2. The van der Waals surface area contributed by atoms with Gasteiger partial charge in [0.2, 0.25) is 0 Å². The molecule has 0 unspecified atom stereocenters. The number of halogens is 1. The molecule has 0 radical (unpaired) electrons. The van der Waals surface area contributed by atoms with Crippen LogP contribution in [0.1, 0.15) is 0 Å². The third-order valence-electron chi connectivity index (χ3n) is 3.39. The quantitative estimate of drug-likeness (QED) is 0.703. The molecule has 0 aliphatic heterocycles. The molecule has 0 spiro atoms. The minimum atomic E-state index is -4.12. The fourth-order valence-electron chi connectivity index (χ4n) is 2.22. The number of methoxy groups -OCH3 is 1. The molecule has 0 bridgehead atoms.